The number of esters is 1. The molecule has 0 unspecified atom stereocenters. The number of benzene rings is 1. The van der Waals surface area contributed by atoms with Crippen molar-refractivity contribution in [3.8, 4) is 5.69 Å². The summed E-state index contributed by atoms with van der Waals surface area (Å²) < 4.78 is 13.0. The molecule has 170 valence electrons. The third-order valence-electron chi connectivity index (χ3n) is 6.27. The first-order valence-corrected chi connectivity index (χ1v) is 11.5. The minimum atomic E-state index is -0.372. The highest BCUT2D eigenvalue weighted by Crippen LogP contribution is 2.40. The topological polar surface area (TPSA) is 68.6 Å². The Balaban J connectivity index is 1.60. The first-order chi connectivity index (χ1) is 16.2. The van der Waals surface area contributed by atoms with E-state index in [0.717, 1.165) is 36.5 Å². The smallest absolute Gasteiger partial charge is 0.339 e. The fourth-order valence-corrected chi connectivity index (χ4v) is 5.07. The highest BCUT2D eigenvalue weighted by Gasteiger charge is 2.42. The van der Waals surface area contributed by atoms with Gasteiger partial charge in [-0.1, -0.05) is 18.2 Å². The number of pyridine rings is 1. The lowest BCUT2D eigenvalue weighted by atomic mass is 10.0. The van der Waals surface area contributed by atoms with E-state index >= 15 is 0 Å². The van der Waals surface area contributed by atoms with E-state index in [2.05, 4.69) is 21.3 Å². The second kappa shape index (κ2) is 9.33. The van der Waals surface area contributed by atoms with E-state index in [9.17, 15) is 4.79 Å². The van der Waals surface area contributed by atoms with Crippen LogP contribution in [0.15, 0.2) is 67.0 Å². The molecule has 0 saturated carbocycles. The van der Waals surface area contributed by atoms with Crippen LogP contribution in [0.25, 0.3) is 5.69 Å². The summed E-state index contributed by atoms with van der Waals surface area (Å²) in [5, 5.41) is 4.17. The Morgan fingerprint density at radius 3 is 2.82 bits per heavy atom. The molecule has 1 N–H and O–H groups in total. The van der Waals surface area contributed by atoms with E-state index in [1.165, 1.54) is 7.11 Å². The maximum Gasteiger partial charge on any atom is 0.339 e. The summed E-state index contributed by atoms with van der Waals surface area (Å²) in [5.41, 5.74) is 3.19. The van der Waals surface area contributed by atoms with E-state index in [4.69, 9.17) is 21.7 Å². The monoisotopic (exact) mass is 462 g/mol. The predicted octanol–water partition coefficient (Wildman–Crippen LogP) is 3.81. The Labute approximate surface area is 198 Å². The van der Waals surface area contributed by atoms with Gasteiger partial charge >= 0.3 is 5.97 Å². The van der Waals surface area contributed by atoms with Crippen LogP contribution in [0.4, 0.5) is 0 Å². The van der Waals surface area contributed by atoms with Gasteiger partial charge in [0.25, 0.3) is 0 Å². The molecule has 0 bridgehead atoms. The zero-order valence-corrected chi connectivity index (χ0v) is 19.2. The van der Waals surface area contributed by atoms with Gasteiger partial charge in [-0.15, -0.1) is 0 Å². The van der Waals surface area contributed by atoms with Crippen LogP contribution >= 0.6 is 12.2 Å². The minimum Gasteiger partial charge on any atom is -0.465 e. The molecule has 0 aliphatic carbocycles. The van der Waals surface area contributed by atoms with Gasteiger partial charge in [0.1, 0.15) is 0 Å². The zero-order chi connectivity index (χ0) is 22.8. The Kier molecular flexibility index (Phi) is 6.11. The molecule has 2 aliphatic heterocycles. The van der Waals surface area contributed by atoms with Crippen LogP contribution in [0.3, 0.4) is 0 Å². The van der Waals surface area contributed by atoms with Crippen molar-refractivity contribution in [3.05, 3.63) is 83.9 Å². The molecule has 3 atom stereocenters. The van der Waals surface area contributed by atoms with E-state index in [1.54, 1.807) is 12.3 Å². The van der Waals surface area contributed by atoms with Crippen molar-refractivity contribution in [2.75, 3.05) is 20.3 Å². The Hall–Kier alpha value is -3.23. The molecule has 33 heavy (non-hydrogen) atoms. The molecule has 8 heteroatoms. The van der Waals surface area contributed by atoms with Crippen molar-refractivity contribution in [2.24, 2.45) is 0 Å². The summed E-state index contributed by atoms with van der Waals surface area (Å²) in [5.74, 6) is -0.372. The molecule has 4 heterocycles. The number of thiocarbonyl (C=S) groups is 1. The first-order valence-electron chi connectivity index (χ1n) is 11.1. The summed E-state index contributed by atoms with van der Waals surface area (Å²) in [6.07, 6.45) is 5.99. The number of ether oxygens (including phenoxy) is 2. The number of para-hydroxylation sites is 1. The van der Waals surface area contributed by atoms with Gasteiger partial charge in [0.2, 0.25) is 0 Å². The lowest BCUT2D eigenvalue weighted by molar-refractivity contribution is 0.0600. The van der Waals surface area contributed by atoms with E-state index in [1.807, 2.05) is 53.2 Å². The summed E-state index contributed by atoms with van der Waals surface area (Å²) in [6.45, 7) is 1.49. The molecule has 0 radical (unpaired) electrons. The average Bonchev–Trinajstić information content (AvgIpc) is 3.60. The maximum absolute atomic E-state index is 12.5. The number of carbonyl (C=O) groups is 1. The second-order valence-electron chi connectivity index (χ2n) is 8.23. The van der Waals surface area contributed by atoms with E-state index < -0.39 is 0 Å². The molecule has 5 rings (SSSR count). The highest BCUT2D eigenvalue weighted by atomic mass is 32.1. The van der Waals surface area contributed by atoms with Crippen molar-refractivity contribution in [1.29, 1.82) is 0 Å². The Bertz CT molecular complexity index is 1140. The number of hydrogen-bond donors (Lipinski definition) is 1. The molecule has 2 aromatic heterocycles. The quantitative estimate of drug-likeness (QED) is 0.441. The van der Waals surface area contributed by atoms with Gasteiger partial charge in [-0.3, -0.25) is 4.98 Å². The molecule has 0 spiro atoms. The van der Waals surface area contributed by atoms with E-state index in [-0.39, 0.29) is 24.2 Å². The normalized spacial score (nSPS) is 22.4. The number of carbonyl (C=O) groups excluding carboxylic acids is 1. The largest absolute Gasteiger partial charge is 0.465 e. The van der Waals surface area contributed by atoms with Crippen LogP contribution in [0.1, 0.15) is 46.7 Å². The first kappa shape index (κ1) is 21.6. The number of nitrogens with zero attached hydrogens (tertiary/aromatic N) is 3. The molecule has 1 aromatic carbocycles. The van der Waals surface area contributed by atoms with Crippen molar-refractivity contribution in [2.45, 2.75) is 31.0 Å². The third-order valence-corrected chi connectivity index (χ3v) is 6.63. The lowest BCUT2D eigenvalue weighted by Gasteiger charge is -2.30. The predicted molar refractivity (Wildman–Crippen MR) is 128 cm³/mol. The van der Waals surface area contributed by atoms with Gasteiger partial charge in [0.15, 0.2) is 5.11 Å². The van der Waals surface area contributed by atoms with Gasteiger partial charge in [-0.25, -0.2) is 4.79 Å². The van der Waals surface area contributed by atoms with Crippen LogP contribution in [0.2, 0.25) is 0 Å². The van der Waals surface area contributed by atoms with Crippen molar-refractivity contribution in [1.82, 2.24) is 19.8 Å². The molecule has 2 saturated heterocycles. The molecule has 3 aromatic rings. The molecule has 2 aliphatic rings. The number of methoxy groups -OCH3 is 1. The molecular formula is C25H26N4O3S. The van der Waals surface area contributed by atoms with Crippen LogP contribution in [0.5, 0.6) is 0 Å². The number of rotatable bonds is 6. The highest BCUT2D eigenvalue weighted by molar-refractivity contribution is 7.80. The fraction of sp³-hybridized carbons (Fsp3) is 0.320. The summed E-state index contributed by atoms with van der Waals surface area (Å²) >= 11 is 5.80. The number of hydrogen-bond acceptors (Lipinski definition) is 5. The van der Waals surface area contributed by atoms with Crippen LogP contribution < -0.4 is 5.32 Å². The molecule has 7 nitrogen and oxygen atoms in total. The van der Waals surface area contributed by atoms with Gasteiger partial charge in [-0.05, 0) is 61.5 Å². The van der Waals surface area contributed by atoms with E-state index in [0.29, 0.717) is 17.2 Å². The average molecular weight is 463 g/mol. The van der Waals surface area contributed by atoms with Crippen LogP contribution in [-0.4, -0.2) is 51.9 Å². The summed E-state index contributed by atoms with van der Waals surface area (Å²) in [6, 6.07) is 17.2. The van der Waals surface area contributed by atoms with Crippen molar-refractivity contribution >= 4 is 23.3 Å². The third kappa shape index (κ3) is 4.12. The maximum atomic E-state index is 12.5. The summed E-state index contributed by atoms with van der Waals surface area (Å²) in [4.78, 5) is 19.3. The second-order valence-corrected chi connectivity index (χ2v) is 8.61. The van der Waals surface area contributed by atoms with Gasteiger partial charge < -0.3 is 24.3 Å². The van der Waals surface area contributed by atoms with Crippen molar-refractivity contribution in [3.63, 3.8) is 0 Å². The van der Waals surface area contributed by atoms with Gasteiger partial charge in [-0.2, -0.15) is 0 Å². The summed E-state index contributed by atoms with van der Waals surface area (Å²) in [7, 11) is 1.40. The number of aromatic nitrogens is 2. The van der Waals surface area contributed by atoms with Crippen LogP contribution in [-0.2, 0) is 9.47 Å². The number of nitrogens with one attached hydrogen (secondary N) is 1. The van der Waals surface area contributed by atoms with Crippen molar-refractivity contribution < 1.29 is 14.3 Å². The standard InChI is InChI=1S/C25H26N4O3S/c1-31-24(30)18-9-2-3-11-20(18)28-14-6-12-21(28)23-22(19-10-4-5-13-26-19)27-25(33)29(23)16-17-8-7-15-32-17/h2-6,9-14,17,22-23H,7-8,15-16H2,1H3,(H,27,33)/t17-,22+,23+/m0/s1. The zero-order valence-electron chi connectivity index (χ0n) is 18.4. The SMILES string of the molecule is COC(=O)c1ccccc1-n1cccc1[C@@H]1[C@@H](c2ccccn2)NC(=S)N1C[C@@H]1CCCO1. The van der Waals surface area contributed by atoms with Gasteiger partial charge in [0.05, 0.1) is 42.2 Å². The Morgan fingerprint density at radius 2 is 2.06 bits per heavy atom. The molecular weight excluding hydrogens is 436 g/mol. The lowest BCUT2D eigenvalue weighted by Crippen LogP contribution is -2.36. The fourth-order valence-electron chi connectivity index (χ4n) is 4.75. The molecule has 2 fully saturated rings. The van der Waals surface area contributed by atoms with Crippen LogP contribution in [0, 0.1) is 0 Å². The minimum absolute atomic E-state index is 0.127. The molecule has 0 amide bonds. The van der Waals surface area contributed by atoms with Gasteiger partial charge in [0, 0.05) is 31.2 Å². The Morgan fingerprint density at radius 1 is 1.21 bits per heavy atom.